The van der Waals surface area contributed by atoms with Crippen molar-refractivity contribution in [3.8, 4) is 0 Å². The van der Waals surface area contributed by atoms with Crippen LogP contribution in [0.4, 0.5) is 4.39 Å². The molecule has 0 radical (unpaired) electrons. The smallest absolute Gasteiger partial charge is 0.224 e. The molecule has 1 amide bonds. The minimum Gasteiger partial charge on any atom is -0.332 e. The molecular formula is C21H27FN4O. The Balaban J connectivity index is 1.73. The van der Waals surface area contributed by atoms with E-state index >= 15 is 0 Å². The number of carbonyl (C=O) groups is 1. The van der Waals surface area contributed by atoms with Crippen LogP contribution in [0.15, 0.2) is 48.7 Å². The molecule has 0 bridgehead atoms. The Hall–Kier alpha value is -2.31. The predicted octanol–water partition coefficient (Wildman–Crippen LogP) is 2.39. The van der Waals surface area contributed by atoms with Gasteiger partial charge in [0.25, 0.3) is 0 Å². The molecular weight excluding hydrogens is 343 g/mol. The third kappa shape index (κ3) is 5.58. The van der Waals surface area contributed by atoms with Gasteiger partial charge in [-0.15, -0.1) is 0 Å². The third-order valence-corrected chi connectivity index (χ3v) is 5.11. The van der Waals surface area contributed by atoms with Gasteiger partial charge in [0.15, 0.2) is 0 Å². The van der Waals surface area contributed by atoms with Crippen LogP contribution < -0.4 is 0 Å². The minimum absolute atomic E-state index is 0.0946. The summed E-state index contributed by atoms with van der Waals surface area (Å²) in [7, 11) is 4.17. The largest absolute Gasteiger partial charge is 0.332 e. The maximum atomic E-state index is 13.2. The molecule has 1 unspecified atom stereocenters. The fraction of sp³-hybridized carbons (Fsp3) is 0.429. The van der Waals surface area contributed by atoms with Crippen molar-refractivity contribution in [3.63, 3.8) is 0 Å². The van der Waals surface area contributed by atoms with E-state index in [9.17, 15) is 9.18 Å². The van der Waals surface area contributed by atoms with Gasteiger partial charge in [-0.25, -0.2) is 4.39 Å². The summed E-state index contributed by atoms with van der Waals surface area (Å²) in [4.78, 5) is 23.8. The van der Waals surface area contributed by atoms with E-state index in [1.807, 2.05) is 23.1 Å². The van der Waals surface area contributed by atoms with Crippen LogP contribution >= 0.6 is 0 Å². The highest BCUT2D eigenvalue weighted by atomic mass is 19.1. The maximum absolute atomic E-state index is 13.2. The quantitative estimate of drug-likeness (QED) is 0.783. The molecule has 0 spiro atoms. The zero-order chi connectivity index (χ0) is 19.2. The average Bonchev–Trinajstić information content (AvgIpc) is 2.66. The molecule has 6 heteroatoms. The number of nitrogens with zero attached hydrogens (tertiary/aromatic N) is 4. The van der Waals surface area contributed by atoms with E-state index in [1.54, 1.807) is 18.3 Å². The van der Waals surface area contributed by atoms with Gasteiger partial charge >= 0.3 is 0 Å². The summed E-state index contributed by atoms with van der Waals surface area (Å²) in [5.74, 6) is -0.176. The van der Waals surface area contributed by atoms with Crippen LogP contribution in [0.3, 0.4) is 0 Å². The second-order valence-corrected chi connectivity index (χ2v) is 7.30. The number of carbonyl (C=O) groups excluding carboxylic acids is 1. The molecule has 0 aliphatic carbocycles. The summed E-state index contributed by atoms with van der Waals surface area (Å²) < 4.78 is 13.2. The number of rotatable bonds is 6. The lowest BCUT2D eigenvalue weighted by Gasteiger charge is -2.38. The average molecular weight is 370 g/mol. The van der Waals surface area contributed by atoms with Gasteiger partial charge in [-0.3, -0.25) is 9.78 Å². The Morgan fingerprint density at radius 3 is 2.63 bits per heavy atom. The summed E-state index contributed by atoms with van der Waals surface area (Å²) in [6, 6.07) is 12.2. The lowest BCUT2D eigenvalue weighted by atomic mass is 10.1. The van der Waals surface area contributed by atoms with Crippen molar-refractivity contribution >= 4 is 5.91 Å². The lowest BCUT2D eigenvalue weighted by Crippen LogP contribution is -2.51. The number of benzene rings is 1. The van der Waals surface area contributed by atoms with Crippen molar-refractivity contribution < 1.29 is 9.18 Å². The van der Waals surface area contributed by atoms with Gasteiger partial charge in [0.2, 0.25) is 5.91 Å². The van der Waals surface area contributed by atoms with Crippen LogP contribution in [0.2, 0.25) is 0 Å². The molecule has 27 heavy (non-hydrogen) atoms. The highest BCUT2D eigenvalue weighted by Gasteiger charge is 2.27. The molecule has 144 valence electrons. The Bertz CT molecular complexity index is 738. The number of amides is 1. The van der Waals surface area contributed by atoms with Gasteiger partial charge in [-0.1, -0.05) is 18.2 Å². The van der Waals surface area contributed by atoms with Gasteiger partial charge < -0.3 is 14.7 Å². The van der Waals surface area contributed by atoms with Crippen molar-refractivity contribution in [1.82, 2.24) is 19.7 Å². The number of hydrogen-bond acceptors (Lipinski definition) is 4. The molecule has 1 saturated heterocycles. The second-order valence-electron chi connectivity index (χ2n) is 7.30. The van der Waals surface area contributed by atoms with Gasteiger partial charge in [-0.2, -0.15) is 0 Å². The summed E-state index contributed by atoms with van der Waals surface area (Å²) in [5.41, 5.74) is 1.76. The molecule has 1 aromatic carbocycles. The number of hydrogen-bond donors (Lipinski definition) is 0. The molecule has 5 nitrogen and oxygen atoms in total. The summed E-state index contributed by atoms with van der Waals surface area (Å²) in [5, 5.41) is 0. The highest BCUT2D eigenvalue weighted by Crippen LogP contribution is 2.15. The Labute approximate surface area is 160 Å². The highest BCUT2D eigenvalue weighted by molar-refractivity contribution is 5.77. The third-order valence-electron chi connectivity index (χ3n) is 5.11. The van der Waals surface area contributed by atoms with Crippen LogP contribution in [0.25, 0.3) is 0 Å². The van der Waals surface area contributed by atoms with Crippen molar-refractivity contribution in [2.75, 3.05) is 33.7 Å². The topological polar surface area (TPSA) is 39.7 Å². The molecule has 0 N–H and O–H groups in total. The van der Waals surface area contributed by atoms with Crippen molar-refractivity contribution in [1.29, 1.82) is 0 Å². The molecule has 1 atom stereocenters. The summed E-state index contributed by atoms with van der Waals surface area (Å²) in [6.45, 7) is 3.77. The molecule has 1 fully saturated rings. The first-order chi connectivity index (χ1) is 13.0. The molecule has 1 aliphatic heterocycles. The van der Waals surface area contributed by atoms with Gasteiger partial charge in [0.05, 0.1) is 12.2 Å². The van der Waals surface area contributed by atoms with E-state index in [4.69, 9.17) is 0 Å². The minimum atomic E-state index is -0.270. The zero-order valence-corrected chi connectivity index (χ0v) is 16.0. The predicted molar refractivity (Wildman–Crippen MR) is 103 cm³/mol. The van der Waals surface area contributed by atoms with Crippen molar-refractivity contribution in [2.45, 2.75) is 25.6 Å². The summed E-state index contributed by atoms with van der Waals surface area (Å²) >= 11 is 0. The lowest BCUT2D eigenvalue weighted by molar-refractivity contribution is -0.134. The molecule has 1 aliphatic rings. The molecule has 2 heterocycles. The number of pyridine rings is 1. The number of likely N-dealkylation sites (N-methyl/N-ethyl adjacent to an activating group) is 2. The number of halogens is 1. The first-order valence-corrected chi connectivity index (χ1v) is 9.32. The fourth-order valence-corrected chi connectivity index (χ4v) is 3.38. The Morgan fingerprint density at radius 1 is 1.15 bits per heavy atom. The monoisotopic (exact) mass is 370 g/mol. The van der Waals surface area contributed by atoms with Crippen LogP contribution in [0, 0.1) is 5.82 Å². The second kappa shape index (κ2) is 9.06. The van der Waals surface area contributed by atoms with Crippen LogP contribution in [0.1, 0.15) is 17.7 Å². The fourth-order valence-electron chi connectivity index (χ4n) is 3.38. The van der Waals surface area contributed by atoms with Crippen LogP contribution in [-0.2, 0) is 17.9 Å². The maximum Gasteiger partial charge on any atom is 0.224 e. The van der Waals surface area contributed by atoms with Crippen molar-refractivity contribution in [2.24, 2.45) is 0 Å². The van der Waals surface area contributed by atoms with Gasteiger partial charge in [0, 0.05) is 44.8 Å². The molecule has 0 saturated carbocycles. The van der Waals surface area contributed by atoms with E-state index in [0.717, 1.165) is 30.9 Å². The van der Waals surface area contributed by atoms with E-state index in [1.165, 1.54) is 12.1 Å². The Kier molecular flexibility index (Phi) is 6.53. The molecule has 3 rings (SSSR count). The zero-order valence-electron chi connectivity index (χ0n) is 16.0. The van der Waals surface area contributed by atoms with Gasteiger partial charge in [-0.05, 0) is 43.9 Å². The van der Waals surface area contributed by atoms with E-state index in [-0.39, 0.29) is 17.8 Å². The first-order valence-electron chi connectivity index (χ1n) is 9.32. The first kappa shape index (κ1) is 19.5. The van der Waals surface area contributed by atoms with Crippen LogP contribution in [0.5, 0.6) is 0 Å². The van der Waals surface area contributed by atoms with E-state index in [2.05, 4.69) is 28.9 Å². The molecule has 1 aromatic heterocycles. The van der Waals surface area contributed by atoms with Crippen LogP contribution in [-0.4, -0.2) is 65.4 Å². The van der Waals surface area contributed by atoms with Gasteiger partial charge in [0.1, 0.15) is 5.82 Å². The number of piperazine rings is 1. The van der Waals surface area contributed by atoms with E-state index < -0.39 is 0 Å². The SMILES string of the molecule is CN1CCN(C)C(CC(=O)N(Cc2ccc(F)cc2)Cc2ccccn2)C1. The standard InChI is InChI=1S/C21H27FN4O/c1-24-11-12-25(2)20(16-24)13-21(27)26(15-19-5-3-4-10-23-19)14-17-6-8-18(22)9-7-17/h3-10,20H,11-16H2,1-2H3. The van der Waals surface area contributed by atoms with E-state index in [0.29, 0.717) is 19.5 Å². The molecule has 2 aromatic rings. The summed E-state index contributed by atoms with van der Waals surface area (Å²) in [6.07, 6.45) is 2.20. The number of aromatic nitrogens is 1. The Morgan fingerprint density at radius 2 is 1.93 bits per heavy atom. The van der Waals surface area contributed by atoms with Crippen molar-refractivity contribution in [3.05, 3.63) is 65.7 Å². The normalized spacial score (nSPS) is 18.4.